The fourth-order valence-electron chi connectivity index (χ4n) is 2.51. The largest absolute Gasteiger partial charge is 0.480 e. The van der Waals surface area contributed by atoms with Crippen molar-refractivity contribution in [2.45, 2.75) is 38.8 Å². The normalized spacial score (nSPS) is 20.4. The predicted octanol–water partition coefficient (Wildman–Crippen LogP) is 1.40. The van der Waals surface area contributed by atoms with E-state index in [2.05, 4.69) is 0 Å². The number of hydrogen-bond donors (Lipinski definition) is 2. The van der Waals surface area contributed by atoms with Gasteiger partial charge in [0.15, 0.2) is 0 Å². The first kappa shape index (κ1) is 14.5. The standard InChI is InChI=1S/C15H20N2O3/c1-3-9(2)13(16)14(18)17-11-7-5-4-6-10(11)8-12(17)15(19)20/h4-7,9,12-13H,3,8,16H2,1-2H3,(H,19,20)/t9-,12-,13-/m0/s1. The summed E-state index contributed by atoms with van der Waals surface area (Å²) in [5, 5.41) is 9.35. The molecule has 5 heteroatoms. The zero-order valence-corrected chi connectivity index (χ0v) is 11.7. The number of amides is 1. The topological polar surface area (TPSA) is 83.6 Å². The molecule has 0 fully saturated rings. The molecule has 1 amide bonds. The van der Waals surface area contributed by atoms with Crippen LogP contribution in [0.2, 0.25) is 0 Å². The minimum absolute atomic E-state index is 0.0182. The number of anilines is 1. The Morgan fingerprint density at radius 3 is 2.70 bits per heavy atom. The van der Waals surface area contributed by atoms with E-state index in [4.69, 9.17) is 5.73 Å². The second-order valence-corrected chi connectivity index (χ2v) is 5.31. The number of rotatable bonds is 4. The molecular weight excluding hydrogens is 256 g/mol. The van der Waals surface area contributed by atoms with Crippen molar-refractivity contribution in [2.75, 3.05) is 4.90 Å². The minimum atomic E-state index is -0.995. The van der Waals surface area contributed by atoms with Gasteiger partial charge in [0.1, 0.15) is 6.04 Å². The maximum absolute atomic E-state index is 12.6. The SMILES string of the molecule is CC[C@H](C)[C@H](N)C(=O)N1c2ccccc2C[C@H]1C(=O)O. The van der Waals surface area contributed by atoms with E-state index in [0.29, 0.717) is 12.1 Å². The van der Waals surface area contributed by atoms with Gasteiger partial charge in [-0.05, 0) is 17.5 Å². The van der Waals surface area contributed by atoms with Crippen LogP contribution in [0.1, 0.15) is 25.8 Å². The summed E-state index contributed by atoms with van der Waals surface area (Å²) in [7, 11) is 0. The van der Waals surface area contributed by atoms with Crippen molar-refractivity contribution >= 4 is 17.6 Å². The smallest absolute Gasteiger partial charge is 0.327 e. The highest BCUT2D eigenvalue weighted by Crippen LogP contribution is 2.33. The lowest BCUT2D eigenvalue weighted by Crippen LogP contribution is -2.52. The number of carboxylic acids is 1. The van der Waals surface area contributed by atoms with Gasteiger partial charge in [-0.3, -0.25) is 9.69 Å². The number of benzene rings is 1. The molecule has 2 rings (SSSR count). The monoisotopic (exact) mass is 276 g/mol. The van der Waals surface area contributed by atoms with Gasteiger partial charge in [-0.25, -0.2) is 4.79 Å². The van der Waals surface area contributed by atoms with Crippen LogP contribution in [0.3, 0.4) is 0 Å². The third-order valence-electron chi connectivity index (χ3n) is 4.04. The summed E-state index contributed by atoms with van der Waals surface area (Å²) < 4.78 is 0. The average molecular weight is 276 g/mol. The minimum Gasteiger partial charge on any atom is -0.480 e. The van der Waals surface area contributed by atoms with Crippen molar-refractivity contribution in [1.29, 1.82) is 0 Å². The van der Waals surface area contributed by atoms with Gasteiger partial charge in [0, 0.05) is 12.1 Å². The summed E-state index contributed by atoms with van der Waals surface area (Å²) in [6.45, 7) is 3.87. The van der Waals surface area contributed by atoms with E-state index in [1.54, 1.807) is 12.1 Å². The molecule has 0 bridgehead atoms. The van der Waals surface area contributed by atoms with Gasteiger partial charge in [0.2, 0.25) is 5.91 Å². The molecule has 1 aromatic rings. The van der Waals surface area contributed by atoms with Gasteiger partial charge in [-0.15, -0.1) is 0 Å². The van der Waals surface area contributed by atoms with Crippen LogP contribution in [0.15, 0.2) is 24.3 Å². The molecule has 108 valence electrons. The number of hydrogen-bond acceptors (Lipinski definition) is 3. The van der Waals surface area contributed by atoms with E-state index in [1.807, 2.05) is 26.0 Å². The molecule has 0 aromatic heterocycles. The zero-order valence-electron chi connectivity index (χ0n) is 11.7. The van der Waals surface area contributed by atoms with Crippen molar-refractivity contribution in [3.8, 4) is 0 Å². The highest BCUT2D eigenvalue weighted by molar-refractivity contribution is 6.04. The highest BCUT2D eigenvalue weighted by Gasteiger charge is 2.40. The van der Waals surface area contributed by atoms with Crippen molar-refractivity contribution in [3.63, 3.8) is 0 Å². The lowest BCUT2D eigenvalue weighted by atomic mass is 9.98. The third kappa shape index (κ3) is 2.41. The van der Waals surface area contributed by atoms with E-state index in [9.17, 15) is 14.7 Å². The van der Waals surface area contributed by atoms with Gasteiger partial charge in [-0.1, -0.05) is 38.5 Å². The molecule has 0 radical (unpaired) electrons. The number of carboxylic acid groups (broad SMARTS) is 1. The highest BCUT2D eigenvalue weighted by atomic mass is 16.4. The Hall–Kier alpha value is -1.88. The van der Waals surface area contributed by atoms with Crippen LogP contribution in [0.4, 0.5) is 5.69 Å². The summed E-state index contributed by atoms with van der Waals surface area (Å²) in [5.74, 6) is -1.28. The van der Waals surface area contributed by atoms with E-state index in [1.165, 1.54) is 4.90 Å². The average Bonchev–Trinajstić information content (AvgIpc) is 2.84. The van der Waals surface area contributed by atoms with Crippen molar-refractivity contribution < 1.29 is 14.7 Å². The van der Waals surface area contributed by atoms with E-state index >= 15 is 0 Å². The van der Waals surface area contributed by atoms with Crippen LogP contribution >= 0.6 is 0 Å². The Balaban J connectivity index is 2.36. The van der Waals surface area contributed by atoms with Crippen LogP contribution in [0.25, 0.3) is 0 Å². The summed E-state index contributed by atoms with van der Waals surface area (Å²) in [6.07, 6.45) is 1.12. The molecule has 1 aliphatic heterocycles. The number of fused-ring (bicyclic) bond motifs is 1. The molecule has 1 aliphatic rings. The summed E-state index contributed by atoms with van der Waals surface area (Å²) in [6, 6.07) is 5.76. The third-order valence-corrected chi connectivity index (χ3v) is 4.04. The second-order valence-electron chi connectivity index (χ2n) is 5.31. The van der Waals surface area contributed by atoms with Gasteiger partial charge >= 0.3 is 5.97 Å². The number of para-hydroxylation sites is 1. The first-order valence-electron chi connectivity index (χ1n) is 6.86. The maximum atomic E-state index is 12.6. The Labute approximate surface area is 118 Å². The molecule has 5 nitrogen and oxygen atoms in total. The lowest BCUT2D eigenvalue weighted by Gasteiger charge is -2.28. The molecule has 0 saturated carbocycles. The quantitative estimate of drug-likeness (QED) is 0.870. The molecule has 3 atom stereocenters. The van der Waals surface area contributed by atoms with Gasteiger partial charge in [-0.2, -0.15) is 0 Å². The van der Waals surface area contributed by atoms with Gasteiger partial charge < -0.3 is 10.8 Å². The molecule has 1 aromatic carbocycles. The zero-order chi connectivity index (χ0) is 14.9. The number of nitrogens with zero attached hydrogens (tertiary/aromatic N) is 1. The summed E-state index contributed by atoms with van der Waals surface area (Å²) in [4.78, 5) is 25.3. The van der Waals surface area contributed by atoms with Crippen LogP contribution in [0, 0.1) is 5.92 Å². The van der Waals surface area contributed by atoms with E-state index in [-0.39, 0.29) is 11.8 Å². The summed E-state index contributed by atoms with van der Waals surface area (Å²) >= 11 is 0. The molecule has 0 saturated heterocycles. The molecule has 0 aliphatic carbocycles. The fraction of sp³-hybridized carbons (Fsp3) is 0.467. The first-order chi connectivity index (χ1) is 9.47. The van der Waals surface area contributed by atoms with Crippen LogP contribution < -0.4 is 10.6 Å². The Morgan fingerprint density at radius 1 is 1.45 bits per heavy atom. The lowest BCUT2D eigenvalue weighted by molar-refractivity contribution is -0.140. The van der Waals surface area contributed by atoms with Gasteiger partial charge in [0.25, 0.3) is 0 Å². The van der Waals surface area contributed by atoms with Gasteiger partial charge in [0.05, 0.1) is 6.04 Å². The summed E-state index contributed by atoms with van der Waals surface area (Å²) in [5.41, 5.74) is 7.54. The molecular formula is C15H20N2O3. The molecule has 3 N–H and O–H groups in total. The Bertz CT molecular complexity index is 530. The van der Waals surface area contributed by atoms with Crippen LogP contribution in [0.5, 0.6) is 0 Å². The Morgan fingerprint density at radius 2 is 2.10 bits per heavy atom. The maximum Gasteiger partial charge on any atom is 0.327 e. The molecule has 20 heavy (non-hydrogen) atoms. The fourth-order valence-corrected chi connectivity index (χ4v) is 2.51. The van der Waals surface area contributed by atoms with E-state index < -0.39 is 18.1 Å². The second kappa shape index (κ2) is 5.63. The molecule has 0 spiro atoms. The van der Waals surface area contributed by atoms with Crippen molar-refractivity contribution in [2.24, 2.45) is 11.7 Å². The number of carbonyl (C=O) groups excluding carboxylic acids is 1. The predicted molar refractivity (Wildman–Crippen MR) is 76.5 cm³/mol. The number of carbonyl (C=O) groups is 2. The molecule has 1 heterocycles. The Kier molecular flexibility index (Phi) is 4.09. The van der Waals surface area contributed by atoms with E-state index in [0.717, 1.165) is 12.0 Å². The number of aliphatic carboxylic acids is 1. The van der Waals surface area contributed by atoms with Crippen molar-refractivity contribution in [1.82, 2.24) is 0 Å². The van der Waals surface area contributed by atoms with Crippen molar-refractivity contribution in [3.05, 3.63) is 29.8 Å². The number of nitrogens with two attached hydrogens (primary N) is 1. The van der Waals surface area contributed by atoms with Crippen LogP contribution in [-0.2, 0) is 16.0 Å². The first-order valence-corrected chi connectivity index (χ1v) is 6.86. The molecule has 0 unspecified atom stereocenters. The van der Waals surface area contributed by atoms with Crippen LogP contribution in [-0.4, -0.2) is 29.1 Å².